The van der Waals surface area contributed by atoms with E-state index in [1.165, 1.54) is 18.4 Å². The molecule has 94 valence electrons. The quantitative estimate of drug-likeness (QED) is 0.778. The number of carboxylic acids is 1. The Balaban J connectivity index is 1.96. The van der Waals surface area contributed by atoms with Crippen LogP contribution < -0.4 is 0 Å². The van der Waals surface area contributed by atoms with Crippen LogP contribution in [0.15, 0.2) is 24.3 Å². The minimum Gasteiger partial charge on any atom is -0.480 e. The second kappa shape index (κ2) is 5.70. The lowest BCUT2D eigenvalue weighted by molar-refractivity contribution is -0.138. The zero-order chi connectivity index (χ0) is 13.0. The van der Waals surface area contributed by atoms with Crippen LogP contribution in [-0.2, 0) is 11.3 Å². The molecule has 1 aromatic rings. The normalized spacial score (nSPS) is 14.4. The average Bonchev–Trinajstić information content (AvgIpc) is 3.13. The molecule has 3 heteroatoms. The first-order valence-corrected chi connectivity index (χ1v) is 6.15. The highest BCUT2D eigenvalue weighted by Gasteiger charge is 2.23. The van der Waals surface area contributed by atoms with Gasteiger partial charge >= 0.3 is 5.97 Å². The molecule has 0 saturated heterocycles. The van der Waals surface area contributed by atoms with Crippen LogP contribution >= 0.6 is 0 Å². The Labute approximate surface area is 107 Å². The molecule has 3 nitrogen and oxygen atoms in total. The molecule has 1 aromatic carbocycles. The Morgan fingerprint density at radius 2 is 2.06 bits per heavy atom. The molecule has 0 atom stereocenters. The van der Waals surface area contributed by atoms with Gasteiger partial charge in [0.1, 0.15) is 0 Å². The van der Waals surface area contributed by atoms with E-state index in [4.69, 9.17) is 11.5 Å². The summed E-state index contributed by atoms with van der Waals surface area (Å²) in [5.41, 5.74) is 2.50. The third-order valence-corrected chi connectivity index (χ3v) is 3.11. The Morgan fingerprint density at radius 3 is 2.56 bits per heavy atom. The van der Waals surface area contributed by atoms with Gasteiger partial charge in [-0.15, -0.1) is 6.42 Å². The van der Waals surface area contributed by atoms with Crippen LogP contribution in [-0.4, -0.2) is 29.1 Å². The fraction of sp³-hybridized carbons (Fsp3) is 0.400. The highest BCUT2D eigenvalue weighted by atomic mass is 16.4. The van der Waals surface area contributed by atoms with Crippen molar-refractivity contribution in [2.75, 3.05) is 13.1 Å². The van der Waals surface area contributed by atoms with Gasteiger partial charge in [-0.1, -0.05) is 30.2 Å². The monoisotopic (exact) mass is 243 g/mol. The second-order valence-electron chi connectivity index (χ2n) is 4.76. The van der Waals surface area contributed by atoms with Gasteiger partial charge in [0, 0.05) is 6.54 Å². The summed E-state index contributed by atoms with van der Waals surface area (Å²) in [6.45, 7) is 0.923. The fourth-order valence-corrected chi connectivity index (χ4v) is 2.06. The number of nitrogens with zero attached hydrogens (tertiary/aromatic N) is 1. The number of benzene rings is 1. The Bertz CT molecular complexity index is 454. The van der Waals surface area contributed by atoms with Crippen molar-refractivity contribution in [2.24, 2.45) is 0 Å². The van der Waals surface area contributed by atoms with E-state index in [-0.39, 0.29) is 6.54 Å². The van der Waals surface area contributed by atoms with Gasteiger partial charge in [-0.3, -0.25) is 9.69 Å². The first-order chi connectivity index (χ1) is 8.69. The van der Waals surface area contributed by atoms with Crippen LogP contribution in [0.25, 0.3) is 0 Å². The van der Waals surface area contributed by atoms with E-state index in [0.717, 1.165) is 11.5 Å². The van der Waals surface area contributed by atoms with Crippen molar-refractivity contribution in [3.05, 3.63) is 35.4 Å². The zero-order valence-electron chi connectivity index (χ0n) is 10.3. The highest BCUT2D eigenvalue weighted by molar-refractivity contribution is 5.69. The SMILES string of the molecule is C#CCN(CC(=O)O)Cc1ccc(C2CC2)cc1. The molecule has 0 spiro atoms. The van der Waals surface area contributed by atoms with E-state index < -0.39 is 5.97 Å². The third-order valence-electron chi connectivity index (χ3n) is 3.11. The number of hydrogen-bond acceptors (Lipinski definition) is 2. The second-order valence-corrected chi connectivity index (χ2v) is 4.76. The first kappa shape index (κ1) is 12.7. The largest absolute Gasteiger partial charge is 0.480 e. The molecular formula is C15H17NO2. The molecule has 1 aliphatic rings. The lowest BCUT2D eigenvalue weighted by Crippen LogP contribution is -2.29. The summed E-state index contributed by atoms with van der Waals surface area (Å²) in [5.74, 6) is 2.40. The maximum Gasteiger partial charge on any atom is 0.317 e. The lowest BCUT2D eigenvalue weighted by atomic mass is 10.1. The fourth-order valence-electron chi connectivity index (χ4n) is 2.06. The zero-order valence-corrected chi connectivity index (χ0v) is 10.3. The molecule has 0 bridgehead atoms. The van der Waals surface area contributed by atoms with Crippen molar-refractivity contribution in [3.63, 3.8) is 0 Å². The number of hydrogen-bond donors (Lipinski definition) is 1. The van der Waals surface area contributed by atoms with Gasteiger partial charge in [0.05, 0.1) is 13.1 Å². The summed E-state index contributed by atoms with van der Waals surface area (Å²) in [5, 5.41) is 8.80. The van der Waals surface area contributed by atoms with Gasteiger partial charge in [0.15, 0.2) is 0 Å². The van der Waals surface area contributed by atoms with Crippen LogP contribution in [0.2, 0.25) is 0 Å². The molecule has 1 aliphatic carbocycles. The molecule has 0 amide bonds. The summed E-state index contributed by atoms with van der Waals surface area (Å²) in [7, 11) is 0. The van der Waals surface area contributed by atoms with Gasteiger partial charge in [-0.05, 0) is 29.9 Å². The topological polar surface area (TPSA) is 40.5 Å². The molecular weight excluding hydrogens is 226 g/mol. The van der Waals surface area contributed by atoms with Gasteiger partial charge < -0.3 is 5.11 Å². The molecule has 0 heterocycles. The van der Waals surface area contributed by atoms with Crippen LogP contribution in [0.4, 0.5) is 0 Å². The number of terminal acetylenes is 1. The van der Waals surface area contributed by atoms with Crippen molar-refractivity contribution in [1.29, 1.82) is 0 Å². The standard InChI is InChI=1S/C15H17NO2/c1-2-9-16(11-15(17)18)10-12-3-5-13(6-4-12)14-7-8-14/h1,3-6,14H,7-11H2,(H,17,18). The van der Waals surface area contributed by atoms with E-state index in [1.807, 2.05) is 0 Å². The van der Waals surface area contributed by atoms with Gasteiger partial charge in [0.2, 0.25) is 0 Å². The van der Waals surface area contributed by atoms with Crippen LogP contribution in [0.1, 0.15) is 29.9 Å². The highest BCUT2D eigenvalue weighted by Crippen LogP contribution is 2.39. The number of rotatable bonds is 6. The third kappa shape index (κ3) is 3.61. The molecule has 18 heavy (non-hydrogen) atoms. The summed E-state index contributed by atoms with van der Waals surface area (Å²) in [6.07, 6.45) is 7.83. The average molecular weight is 243 g/mol. The van der Waals surface area contributed by atoms with Crippen molar-refractivity contribution in [3.8, 4) is 12.3 Å². The van der Waals surface area contributed by atoms with E-state index in [1.54, 1.807) is 4.90 Å². The van der Waals surface area contributed by atoms with Crippen molar-refractivity contribution in [1.82, 2.24) is 4.90 Å². The first-order valence-electron chi connectivity index (χ1n) is 6.15. The van der Waals surface area contributed by atoms with Gasteiger partial charge in [-0.2, -0.15) is 0 Å². The van der Waals surface area contributed by atoms with Crippen LogP contribution in [0.3, 0.4) is 0 Å². The van der Waals surface area contributed by atoms with Crippen LogP contribution in [0, 0.1) is 12.3 Å². The summed E-state index contributed by atoms with van der Waals surface area (Å²) in [6, 6.07) is 8.42. The summed E-state index contributed by atoms with van der Waals surface area (Å²) in [4.78, 5) is 12.5. The minimum absolute atomic E-state index is 0.0193. The van der Waals surface area contributed by atoms with E-state index in [2.05, 4.69) is 30.2 Å². The molecule has 0 aliphatic heterocycles. The van der Waals surface area contributed by atoms with Crippen LogP contribution in [0.5, 0.6) is 0 Å². The Morgan fingerprint density at radius 1 is 1.39 bits per heavy atom. The van der Waals surface area contributed by atoms with E-state index in [0.29, 0.717) is 13.1 Å². The predicted octanol–water partition coefficient (Wildman–Crippen LogP) is 2.08. The molecule has 1 saturated carbocycles. The smallest absolute Gasteiger partial charge is 0.317 e. The number of aliphatic carboxylic acids is 1. The predicted molar refractivity (Wildman–Crippen MR) is 70.2 cm³/mol. The maximum absolute atomic E-state index is 10.7. The maximum atomic E-state index is 10.7. The molecule has 0 aromatic heterocycles. The molecule has 1 fully saturated rings. The van der Waals surface area contributed by atoms with Crippen molar-refractivity contribution < 1.29 is 9.90 Å². The van der Waals surface area contributed by atoms with Gasteiger partial charge in [-0.25, -0.2) is 0 Å². The van der Waals surface area contributed by atoms with Crippen molar-refractivity contribution >= 4 is 5.97 Å². The summed E-state index contributed by atoms with van der Waals surface area (Å²) < 4.78 is 0. The summed E-state index contributed by atoms with van der Waals surface area (Å²) >= 11 is 0. The van der Waals surface area contributed by atoms with E-state index >= 15 is 0 Å². The van der Waals surface area contributed by atoms with Crippen molar-refractivity contribution in [2.45, 2.75) is 25.3 Å². The molecule has 0 radical (unpaired) electrons. The lowest BCUT2D eigenvalue weighted by Gasteiger charge is -2.17. The number of carbonyl (C=O) groups is 1. The molecule has 2 rings (SSSR count). The molecule has 1 N–H and O–H groups in total. The molecule has 0 unspecified atom stereocenters. The Hall–Kier alpha value is -1.79. The number of carboxylic acid groups (broad SMARTS) is 1. The van der Waals surface area contributed by atoms with E-state index in [9.17, 15) is 4.79 Å². The van der Waals surface area contributed by atoms with Gasteiger partial charge in [0.25, 0.3) is 0 Å². The Kier molecular flexibility index (Phi) is 4.01. The minimum atomic E-state index is -0.847.